The Kier molecular flexibility index (Phi) is 4.52. The van der Waals surface area contributed by atoms with Crippen LogP contribution < -0.4 is 10.1 Å². The molecule has 20 heavy (non-hydrogen) atoms. The van der Waals surface area contributed by atoms with Gasteiger partial charge in [0.2, 0.25) is 0 Å². The molecule has 0 radical (unpaired) electrons. The van der Waals surface area contributed by atoms with E-state index in [4.69, 9.17) is 16.3 Å². The lowest BCUT2D eigenvalue weighted by atomic mass is 9.83. The van der Waals surface area contributed by atoms with Crippen molar-refractivity contribution in [1.82, 2.24) is 5.32 Å². The van der Waals surface area contributed by atoms with Crippen molar-refractivity contribution in [3.05, 3.63) is 28.8 Å². The van der Waals surface area contributed by atoms with Gasteiger partial charge in [-0.05, 0) is 37.6 Å². The van der Waals surface area contributed by atoms with Gasteiger partial charge in [0, 0.05) is 23.0 Å². The molecule has 0 saturated heterocycles. The minimum Gasteiger partial charge on any atom is -0.490 e. The molecule has 0 amide bonds. The second kappa shape index (κ2) is 6.36. The van der Waals surface area contributed by atoms with Crippen LogP contribution in [0.25, 0.3) is 0 Å². The molecule has 3 rings (SSSR count). The maximum Gasteiger partial charge on any atom is 0.124 e. The highest BCUT2D eigenvalue weighted by molar-refractivity contribution is 6.30. The third kappa shape index (κ3) is 3.12. The largest absolute Gasteiger partial charge is 0.490 e. The lowest BCUT2D eigenvalue weighted by Crippen LogP contribution is -2.33. The Morgan fingerprint density at radius 2 is 2.05 bits per heavy atom. The minimum absolute atomic E-state index is 0.351. The zero-order valence-electron chi connectivity index (χ0n) is 12.2. The van der Waals surface area contributed by atoms with Crippen LogP contribution in [-0.2, 0) is 0 Å². The lowest BCUT2D eigenvalue weighted by Gasteiger charge is -2.35. The normalized spacial score (nSPS) is 26.9. The van der Waals surface area contributed by atoms with E-state index in [2.05, 4.69) is 5.32 Å². The Bertz CT molecular complexity index is 456. The molecule has 1 saturated carbocycles. The second-order valence-corrected chi connectivity index (χ2v) is 6.68. The zero-order valence-corrected chi connectivity index (χ0v) is 13.0. The molecule has 3 heteroatoms. The van der Waals surface area contributed by atoms with Crippen LogP contribution in [0, 0.1) is 5.92 Å². The number of rotatable bonds is 3. The van der Waals surface area contributed by atoms with Crippen LogP contribution in [0.3, 0.4) is 0 Å². The number of nitrogens with one attached hydrogen (secondary N) is 1. The number of halogens is 1. The molecular formula is C17H24ClNO. The molecule has 1 fully saturated rings. The van der Waals surface area contributed by atoms with Crippen LogP contribution in [0.5, 0.6) is 5.75 Å². The van der Waals surface area contributed by atoms with Gasteiger partial charge in [0.15, 0.2) is 0 Å². The average molecular weight is 294 g/mol. The summed E-state index contributed by atoms with van der Waals surface area (Å²) < 4.78 is 6.22. The van der Waals surface area contributed by atoms with Crippen LogP contribution in [0.4, 0.5) is 0 Å². The molecule has 1 aromatic carbocycles. The molecule has 0 spiro atoms. The highest BCUT2D eigenvalue weighted by Crippen LogP contribution is 2.39. The molecule has 2 atom stereocenters. The van der Waals surface area contributed by atoms with Crippen LogP contribution in [0.1, 0.15) is 56.6 Å². The minimum atomic E-state index is 0.351. The Labute approximate surface area is 126 Å². The van der Waals surface area contributed by atoms with Crippen molar-refractivity contribution in [3.8, 4) is 5.75 Å². The first-order valence-electron chi connectivity index (χ1n) is 7.89. The summed E-state index contributed by atoms with van der Waals surface area (Å²) in [5.74, 6) is 1.88. The van der Waals surface area contributed by atoms with E-state index in [1.54, 1.807) is 0 Å². The standard InChI is InChI=1S/C17H24ClNO/c1-19-16-11-14(9-12-5-3-2-4-6-12)20-17-8-7-13(18)10-15(16)17/h7-8,10,12,14,16,19H,2-6,9,11H2,1H3. The molecule has 0 aromatic heterocycles. The predicted molar refractivity (Wildman–Crippen MR) is 83.5 cm³/mol. The van der Waals surface area contributed by atoms with Gasteiger partial charge in [0.05, 0.1) is 0 Å². The van der Waals surface area contributed by atoms with Gasteiger partial charge in [0.1, 0.15) is 11.9 Å². The Balaban J connectivity index is 1.71. The molecule has 1 aliphatic carbocycles. The van der Waals surface area contributed by atoms with Gasteiger partial charge in [-0.2, -0.15) is 0 Å². The van der Waals surface area contributed by atoms with Crippen LogP contribution in [-0.4, -0.2) is 13.2 Å². The fourth-order valence-corrected chi connectivity index (χ4v) is 3.91. The van der Waals surface area contributed by atoms with Crippen molar-refractivity contribution in [3.63, 3.8) is 0 Å². The van der Waals surface area contributed by atoms with Crippen molar-refractivity contribution in [2.45, 2.75) is 57.1 Å². The fraction of sp³-hybridized carbons (Fsp3) is 0.647. The van der Waals surface area contributed by atoms with Crippen molar-refractivity contribution in [2.24, 2.45) is 5.92 Å². The van der Waals surface area contributed by atoms with Crippen molar-refractivity contribution in [1.29, 1.82) is 0 Å². The first kappa shape index (κ1) is 14.2. The number of hydrogen-bond donors (Lipinski definition) is 1. The first-order chi connectivity index (χ1) is 9.76. The maximum absolute atomic E-state index is 6.22. The number of benzene rings is 1. The molecule has 2 aliphatic rings. The van der Waals surface area contributed by atoms with Crippen molar-refractivity contribution >= 4 is 11.6 Å². The van der Waals surface area contributed by atoms with E-state index in [9.17, 15) is 0 Å². The quantitative estimate of drug-likeness (QED) is 0.870. The van der Waals surface area contributed by atoms with E-state index in [0.717, 1.165) is 23.1 Å². The summed E-state index contributed by atoms with van der Waals surface area (Å²) in [4.78, 5) is 0. The molecular weight excluding hydrogens is 270 g/mol. The lowest BCUT2D eigenvalue weighted by molar-refractivity contribution is 0.115. The highest BCUT2D eigenvalue weighted by atomic mass is 35.5. The van der Waals surface area contributed by atoms with Crippen molar-refractivity contribution in [2.75, 3.05) is 7.05 Å². The third-order valence-corrected chi connectivity index (χ3v) is 5.04. The molecule has 0 bridgehead atoms. The average Bonchev–Trinajstić information content (AvgIpc) is 2.48. The molecule has 1 N–H and O–H groups in total. The third-order valence-electron chi connectivity index (χ3n) is 4.81. The number of hydrogen-bond acceptors (Lipinski definition) is 2. The summed E-state index contributed by atoms with van der Waals surface area (Å²) in [6, 6.07) is 6.35. The summed E-state index contributed by atoms with van der Waals surface area (Å²) >= 11 is 6.11. The topological polar surface area (TPSA) is 21.3 Å². The van der Waals surface area contributed by atoms with Gasteiger partial charge >= 0.3 is 0 Å². The van der Waals surface area contributed by atoms with Gasteiger partial charge in [0.25, 0.3) is 0 Å². The predicted octanol–water partition coefficient (Wildman–Crippen LogP) is 4.72. The van der Waals surface area contributed by atoms with Crippen LogP contribution in [0.15, 0.2) is 18.2 Å². The van der Waals surface area contributed by atoms with E-state index in [1.165, 1.54) is 44.1 Å². The van der Waals surface area contributed by atoms with Gasteiger partial charge in [-0.1, -0.05) is 43.7 Å². The molecule has 2 unspecified atom stereocenters. The number of fused-ring (bicyclic) bond motifs is 1. The monoisotopic (exact) mass is 293 g/mol. The van der Waals surface area contributed by atoms with E-state index in [0.29, 0.717) is 12.1 Å². The SMILES string of the molecule is CNC1CC(CC2CCCCC2)Oc2ccc(Cl)cc21. The zero-order chi connectivity index (χ0) is 13.9. The summed E-state index contributed by atoms with van der Waals surface area (Å²) in [6.07, 6.45) is 9.61. The fourth-order valence-electron chi connectivity index (χ4n) is 3.73. The molecule has 1 aromatic rings. The van der Waals surface area contributed by atoms with E-state index < -0.39 is 0 Å². The van der Waals surface area contributed by atoms with Gasteiger partial charge in [-0.3, -0.25) is 0 Å². The Morgan fingerprint density at radius 3 is 2.80 bits per heavy atom. The Hall–Kier alpha value is -0.730. The number of ether oxygens (including phenoxy) is 1. The first-order valence-corrected chi connectivity index (χ1v) is 8.27. The maximum atomic E-state index is 6.22. The molecule has 1 aliphatic heterocycles. The van der Waals surface area contributed by atoms with E-state index >= 15 is 0 Å². The summed E-state index contributed by atoms with van der Waals surface area (Å²) in [5, 5.41) is 4.21. The smallest absolute Gasteiger partial charge is 0.124 e. The second-order valence-electron chi connectivity index (χ2n) is 6.24. The Morgan fingerprint density at radius 1 is 1.25 bits per heavy atom. The molecule has 2 nitrogen and oxygen atoms in total. The summed E-state index contributed by atoms with van der Waals surface area (Å²) in [7, 11) is 2.03. The van der Waals surface area contributed by atoms with E-state index in [1.807, 2.05) is 25.2 Å². The van der Waals surface area contributed by atoms with E-state index in [-0.39, 0.29) is 0 Å². The highest BCUT2D eigenvalue weighted by Gasteiger charge is 2.29. The summed E-state index contributed by atoms with van der Waals surface area (Å²) in [5.41, 5.74) is 1.21. The van der Waals surface area contributed by atoms with Gasteiger partial charge in [-0.25, -0.2) is 0 Å². The van der Waals surface area contributed by atoms with Crippen molar-refractivity contribution < 1.29 is 4.74 Å². The van der Waals surface area contributed by atoms with Gasteiger partial charge in [-0.15, -0.1) is 0 Å². The molecule has 1 heterocycles. The van der Waals surface area contributed by atoms with Crippen LogP contribution in [0.2, 0.25) is 5.02 Å². The van der Waals surface area contributed by atoms with Crippen LogP contribution >= 0.6 is 11.6 Å². The van der Waals surface area contributed by atoms with Gasteiger partial charge < -0.3 is 10.1 Å². The molecule has 110 valence electrons. The summed E-state index contributed by atoms with van der Waals surface area (Å²) in [6.45, 7) is 0.